The van der Waals surface area contributed by atoms with Crippen molar-refractivity contribution in [2.45, 2.75) is 40.2 Å². The van der Waals surface area contributed by atoms with Crippen LogP contribution in [0.3, 0.4) is 0 Å². The summed E-state index contributed by atoms with van der Waals surface area (Å²) in [7, 11) is 0. The molecule has 2 aromatic heterocycles. The molecule has 1 atom stereocenters. The molecule has 0 saturated heterocycles. The molecule has 4 rings (SSSR count). The Morgan fingerprint density at radius 3 is 2.41 bits per heavy atom. The van der Waals surface area contributed by atoms with Crippen molar-refractivity contribution in [2.75, 3.05) is 0 Å². The van der Waals surface area contributed by atoms with Crippen LogP contribution in [0.4, 0.5) is 0 Å². The average molecular weight is 423 g/mol. The predicted molar refractivity (Wildman–Crippen MR) is 126 cm³/mol. The van der Waals surface area contributed by atoms with E-state index in [1.165, 1.54) is 5.56 Å². The third-order valence-corrected chi connectivity index (χ3v) is 5.87. The smallest absolute Gasteiger partial charge is 0.254 e. The summed E-state index contributed by atoms with van der Waals surface area (Å²) in [6.45, 7) is 8.04. The van der Waals surface area contributed by atoms with Crippen LogP contribution in [0.25, 0.3) is 5.69 Å². The lowest BCUT2D eigenvalue weighted by Gasteiger charge is -2.18. The van der Waals surface area contributed by atoms with Crippen molar-refractivity contribution in [1.82, 2.24) is 14.1 Å². The van der Waals surface area contributed by atoms with E-state index in [4.69, 9.17) is 0 Å². The number of aryl methyl sites for hydroxylation is 3. The SMILES string of the molecule is Cc1ccc([C@H](C)n2cc(C#N)cc(Cc3ccc(-n4cnc(C)c4)c(C)c3)c2=O)cc1. The van der Waals surface area contributed by atoms with E-state index in [0.29, 0.717) is 17.5 Å². The fourth-order valence-corrected chi connectivity index (χ4v) is 4.03. The van der Waals surface area contributed by atoms with E-state index in [-0.39, 0.29) is 11.6 Å². The molecule has 2 aromatic carbocycles. The summed E-state index contributed by atoms with van der Waals surface area (Å²) in [5.41, 5.74) is 7.41. The summed E-state index contributed by atoms with van der Waals surface area (Å²) in [4.78, 5) is 17.6. The summed E-state index contributed by atoms with van der Waals surface area (Å²) in [5, 5.41) is 9.57. The maximum absolute atomic E-state index is 13.3. The van der Waals surface area contributed by atoms with Crippen LogP contribution in [-0.4, -0.2) is 14.1 Å². The largest absolute Gasteiger partial charge is 0.307 e. The first-order valence-corrected chi connectivity index (χ1v) is 10.7. The number of nitriles is 1. The number of rotatable bonds is 5. The van der Waals surface area contributed by atoms with Crippen LogP contribution >= 0.6 is 0 Å². The Bertz CT molecular complexity index is 1370. The number of nitrogens with zero attached hydrogens (tertiary/aromatic N) is 4. The Morgan fingerprint density at radius 2 is 1.78 bits per heavy atom. The molecule has 2 heterocycles. The van der Waals surface area contributed by atoms with Crippen molar-refractivity contribution in [3.05, 3.63) is 117 Å². The van der Waals surface area contributed by atoms with E-state index >= 15 is 0 Å². The van der Waals surface area contributed by atoms with Crippen LogP contribution in [0.15, 0.2) is 72.0 Å². The van der Waals surface area contributed by atoms with Crippen molar-refractivity contribution in [3.8, 4) is 11.8 Å². The summed E-state index contributed by atoms with van der Waals surface area (Å²) in [5.74, 6) is 0. The number of benzene rings is 2. The highest BCUT2D eigenvalue weighted by Crippen LogP contribution is 2.20. The zero-order chi connectivity index (χ0) is 22.8. The maximum atomic E-state index is 13.3. The molecule has 0 spiro atoms. The normalized spacial score (nSPS) is 11.8. The summed E-state index contributed by atoms with van der Waals surface area (Å²) >= 11 is 0. The fourth-order valence-electron chi connectivity index (χ4n) is 4.03. The second-order valence-electron chi connectivity index (χ2n) is 8.38. The quantitative estimate of drug-likeness (QED) is 0.453. The number of hydrogen-bond donors (Lipinski definition) is 0. The Hall–Kier alpha value is -3.91. The van der Waals surface area contributed by atoms with Crippen LogP contribution in [0.1, 0.15) is 52.0 Å². The zero-order valence-electron chi connectivity index (χ0n) is 18.8. The molecule has 0 aliphatic heterocycles. The van der Waals surface area contributed by atoms with Crippen LogP contribution < -0.4 is 5.56 Å². The fraction of sp³-hybridized carbons (Fsp3) is 0.222. The van der Waals surface area contributed by atoms with Gasteiger partial charge in [0.1, 0.15) is 6.07 Å². The van der Waals surface area contributed by atoms with E-state index < -0.39 is 0 Å². The van der Waals surface area contributed by atoms with Gasteiger partial charge in [0, 0.05) is 30.1 Å². The lowest BCUT2D eigenvalue weighted by molar-refractivity contribution is 0.608. The van der Waals surface area contributed by atoms with Crippen LogP contribution in [0.5, 0.6) is 0 Å². The van der Waals surface area contributed by atoms with Gasteiger partial charge in [0.2, 0.25) is 0 Å². The van der Waals surface area contributed by atoms with Gasteiger partial charge < -0.3 is 9.13 Å². The molecule has 5 heteroatoms. The number of pyridine rings is 1. The van der Waals surface area contributed by atoms with E-state index in [9.17, 15) is 10.1 Å². The van der Waals surface area contributed by atoms with Crippen molar-refractivity contribution >= 4 is 0 Å². The molecule has 0 radical (unpaired) electrons. The maximum Gasteiger partial charge on any atom is 0.254 e. The molecule has 0 fully saturated rings. The predicted octanol–water partition coefficient (Wildman–Crippen LogP) is 5.03. The summed E-state index contributed by atoms with van der Waals surface area (Å²) in [6, 6.07) is 18.1. The molecule has 0 amide bonds. The van der Waals surface area contributed by atoms with Gasteiger partial charge in [-0.3, -0.25) is 4.79 Å². The zero-order valence-corrected chi connectivity index (χ0v) is 18.8. The van der Waals surface area contributed by atoms with Gasteiger partial charge in [-0.1, -0.05) is 42.0 Å². The minimum absolute atomic E-state index is 0.0657. The van der Waals surface area contributed by atoms with Gasteiger partial charge in [0.05, 0.1) is 23.6 Å². The first kappa shape index (κ1) is 21.3. The number of hydrogen-bond acceptors (Lipinski definition) is 3. The highest BCUT2D eigenvalue weighted by Gasteiger charge is 2.15. The lowest BCUT2D eigenvalue weighted by atomic mass is 10.0. The third kappa shape index (κ3) is 4.26. The van der Waals surface area contributed by atoms with Gasteiger partial charge >= 0.3 is 0 Å². The van der Waals surface area contributed by atoms with E-state index in [1.807, 2.05) is 67.9 Å². The molecular weight excluding hydrogens is 396 g/mol. The van der Waals surface area contributed by atoms with Gasteiger partial charge in [0.15, 0.2) is 0 Å². The average Bonchev–Trinajstić information content (AvgIpc) is 3.21. The van der Waals surface area contributed by atoms with Gasteiger partial charge in [0.25, 0.3) is 5.56 Å². The second kappa shape index (κ2) is 8.68. The Balaban J connectivity index is 1.69. The van der Waals surface area contributed by atoms with E-state index in [1.54, 1.807) is 23.2 Å². The monoisotopic (exact) mass is 422 g/mol. The topological polar surface area (TPSA) is 63.6 Å². The van der Waals surface area contributed by atoms with E-state index in [2.05, 4.69) is 24.0 Å². The van der Waals surface area contributed by atoms with Crippen LogP contribution in [0.2, 0.25) is 0 Å². The molecule has 0 saturated carbocycles. The van der Waals surface area contributed by atoms with Crippen LogP contribution in [0, 0.1) is 32.1 Å². The minimum atomic E-state index is -0.163. The molecule has 0 N–H and O–H groups in total. The molecule has 32 heavy (non-hydrogen) atoms. The number of imidazole rings is 1. The molecule has 0 unspecified atom stereocenters. The summed E-state index contributed by atoms with van der Waals surface area (Å²) in [6.07, 6.45) is 5.92. The molecule has 160 valence electrons. The molecule has 0 aliphatic rings. The third-order valence-electron chi connectivity index (χ3n) is 5.87. The minimum Gasteiger partial charge on any atom is -0.307 e. The Kier molecular flexibility index (Phi) is 5.79. The summed E-state index contributed by atoms with van der Waals surface area (Å²) < 4.78 is 3.68. The first-order valence-electron chi connectivity index (χ1n) is 10.7. The molecule has 5 nitrogen and oxygen atoms in total. The Morgan fingerprint density at radius 1 is 1.03 bits per heavy atom. The van der Waals surface area contributed by atoms with Gasteiger partial charge in [-0.2, -0.15) is 5.26 Å². The highest BCUT2D eigenvalue weighted by atomic mass is 16.1. The molecular formula is C27H26N4O. The standard InChI is InChI=1S/C27H26N4O/c1-18-5-8-24(9-6-18)21(4)31-16-23(14-28)13-25(27(31)32)12-22-7-10-26(19(2)11-22)30-15-20(3)29-17-30/h5-11,13,15-17,21H,12H2,1-4H3/t21-/m0/s1. The molecule has 0 aliphatic carbocycles. The van der Waals surface area contributed by atoms with Gasteiger partial charge in [-0.15, -0.1) is 0 Å². The van der Waals surface area contributed by atoms with Crippen LogP contribution in [-0.2, 0) is 6.42 Å². The second-order valence-corrected chi connectivity index (χ2v) is 8.38. The van der Waals surface area contributed by atoms with E-state index in [0.717, 1.165) is 28.1 Å². The number of aromatic nitrogens is 3. The Labute approximate surface area is 188 Å². The highest BCUT2D eigenvalue weighted by molar-refractivity contribution is 5.44. The van der Waals surface area contributed by atoms with Crippen molar-refractivity contribution in [3.63, 3.8) is 0 Å². The molecule has 0 bridgehead atoms. The van der Waals surface area contributed by atoms with Gasteiger partial charge in [-0.25, -0.2) is 4.98 Å². The van der Waals surface area contributed by atoms with Crippen molar-refractivity contribution in [2.24, 2.45) is 0 Å². The molecule has 4 aromatic rings. The first-order chi connectivity index (χ1) is 15.4. The van der Waals surface area contributed by atoms with Crippen molar-refractivity contribution < 1.29 is 0 Å². The van der Waals surface area contributed by atoms with Crippen molar-refractivity contribution in [1.29, 1.82) is 5.26 Å². The lowest BCUT2D eigenvalue weighted by Crippen LogP contribution is -2.27. The van der Waals surface area contributed by atoms with Gasteiger partial charge in [-0.05, 0) is 56.5 Å².